The van der Waals surface area contributed by atoms with Crippen LogP contribution in [0.3, 0.4) is 0 Å². The van der Waals surface area contributed by atoms with Crippen molar-refractivity contribution < 1.29 is 9.22 Å². The predicted octanol–water partition coefficient (Wildman–Crippen LogP) is 4.42. The van der Waals surface area contributed by atoms with Crippen LogP contribution in [0.15, 0.2) is 10.8 Å². The summed E-state index contributed by atoms with van der Waals surface area (Å²) in [6, 6.07) is 0. The molecule has 2 aromatic heterocycles. The van der Waals surface area contributed by atoms with Crippen molar-refractivity contribution in [1.82, 2.24) is 15.3 Å². The van der Waals surface area contributed by atoms with Gasteiger partial charge in [-0.05, 0) is 25.7 Å². The monoisotopic (exact) mass is 437 g/mol. The van der Waals surface area contributed by atoms with E-state index in [-0.39, 0.29) is 6.10 Å². The highest BCUT2D eigenvalue weighted by atomic mass is 32.1. The van der Waals surface area contributed by atoms with Gasteiger partial charge in [0.05, 0.1) is 29.4 Å². The smallest absolute Gasteiger partial charge is 0.122 e. The first kappa shape index (κ1) is 22.8. The summed E-state index contributed by atoms with van der Waals surface area (Å²) >= 11 is 3.62. The third kappa shape index (κ3) is 7.40. The fraction of sp³-hybridized carbons (Fsp3) is 0.727. The van der Waals surface area contributed by atoms with Crippen molar-refractivity contribution in [2.24, 2.45) is 0 Å². The van der Waals surface area contributed by atoms with Crippen LogP contribution in [0.5, 0.6) is 0 Å². The minimum Gasteiger partial charge on any atom is -0.365 e. The molecular formula is C22H37N4OS2+. The van der Waals surface area contributed by atoms with Crippen LogP contribution in [0.1, 0.15) is 60.9 Å². The van der Waals surface area contributed by atoms with Gasteiger partial charge in [0.25, 0.3) is 0 Å². The van der Waals surface area contributed by atoms with Crippen LogP contribution in [0.25, 0.3) is 0 Å². The summed E-state index contributed by atoms with van der Waals surface area (Å²) in [5.74, 6) is 0. The van der Waals surface area contributed by atoms with Gasteiger partial charge in [-0.2, -0.15) is 0 Å². The largest absolute Gasteiger partial charge is 0.365 e. The molecule has 0 aliphatic carbocycles. The maximum atomic E-state index is 6.05. The molecule has 29 heavy (non-hydrogen) atoms. The zero-order valence-electron chi connectivity index (χ0n) is 18.3. The number of unbranched alkanes of at least 4 members (excludes halogenated alkanes) is 2. The molecule has 2 atom stereocenters. The third-order valence-electron chi connectivity index (χ3n) is 5.54. The van der Waals surface area contributed by atoms with E-state index < -0.39 is 0 Å². The summed E-state index contributed by atoms with van der Waals surface area (Å²) in [4.78, 5) is 9.62. The summed E-state index contributed by atoms with van der Waals surface area (Å²) in [6.07, 6.45) is 7.41. The molecule has 0 aromatic carbocycles. The number of hydrogen-bond donors (Lipinski definition) is 1. The third-order valence-corrected chi connectivity index (χ3v) is 7.45. The zero-order valence-corrected chi connectivity index (χ0v) is 19.9. The van der Waals surface area contributed by atoms with Crippen LogP contribution in [-0.2, 0) is 30.7 Å². The molecular weight excluding hydrogens is 400 g/mol. The summed E-state index contributed by atoms with van der Waals surface area (Å²) in [7, 11) is 2.35. The van der Waals surface area contributed by atoms with E-state index in [4.69, 9.17) is 14.7 Å². The molecule has 1 fully saturated rings. The van der Waals surface area contributed by atoms with Crippen LogP contribution in [0.2, 0.25) is 0 Å². The summed E-state index contributed by atoms with van der Waals surface area (Å²) in [6.45, 7) is 10.1. The van der Waals surface area contributed by atoms with Crippen LogP contribution in [-0.4, -0.2) is 53.8 Å². The lowest BCUT2D eigenvalue weighted by atomic mass is 10.2. The van der Waals surface area contributed by atoms with Crippen LogP contribution < -0.4 is 5.32 Å². The highest BCUT2D eigenvalue weighted by Crippen LogP contribution is 2.20. The lowest BCUT2D eigenvalue weighted by Crippen LogP contribution is -2.56. The lowest BCUT2D eigenvalue weighted by Gasteiger charge is -2.40. The number of hydrogen-bond acceptors (Lipinski definition) is 6. The first-order valence-electron chi connectivity index (χ1n) is 11.1. The normalized spacial score (nSPS) is 22.2. The number of thiazole rings is 2. The van der Waals surface area contributed by atoms with Crippen molar-refractivity contribution in [1.29, 1.82) is 0 Å². The highest BCUT2D eigenvalue weighted by Gasteiger charge is 2.32. The van der Waals surface area contributed by atoms with Gasteiger partial charge in [0, 0.05) is 23.8 Å². The Morgan fingerprint density at radius 3 is 2.41 bits per heavy atom. The van der Waals surface area contributed by atoms with Crippen LogP contribution in [0.4, 0.5) is 0 Å². The average Bonchev–Trinajstić information content (AvgIpc) is 3.34. The molecule has 1 aliphatic heterocycles. The van der Waals surface area contributed by atoms with E-state index >= 15 is 0 Å². The van der Waals surface area contributed by atoms with Crippen molar-refractivity contribution in [3.63, 3.8) is 0 Å². The van der Waals surface area contributed by atoms with E-state index in [2.05, 4.69) is 37.0 Å². The minimum absolute atomic E-state index is 0.255. The molecule has 3 rings (SSSR count). The second kappa shape index (κ2) is 11.5. The Bertz CT molecular complexity index is 732. The molecule has 0 spiro atoms. The van der Waals surface area contributed by atoms with Crippen LogP contribution in [0, 0.1) is 0 Å². The average molecular weight is 438 g/mol. The fourth-order valence-electron chi connectivity index (χ4n) is 3.83. The number of nitrogens with one attached hydrogen (secondary N) is 1. The maximum absolute atomic E-state index is 6.05. The Morgan fingerprint density at radius 1 is 1.07 bits per heavy atom. The Balaban J connectivity index is 1.43. The van der Waals surface area contributed by atoms with Gasteiger partial charge in [-0.1, -0.05) is 26.7 Å². The topological polar surface area (TPSA) is 47.0 Å². The first-order chi connectivity index (χ1) is 14.1. The fourth-order valence-corrected chi connectivity index (χ4v) is 5.50. The van der Waals surface area contributed by atoms with E-state index in [1.807, 2.05) is 11.3 Å². The van der Waals surface area contributed by atoms with Gasteiger partial charge < -0.3 is 14.5 Å². The molecule has 162 valence electrons. The van der Waals surface area contributed by atoms with Gasteiger partial charge in [-0.25, -0.2) is 9.97 Å². The molecule has 0 amide bonds. The number of nitrogens with zero attached hydrogens (tertiary/aromatic N) is 3. The van der Waals surface area contributed by atoms with Gasteiger partial charge in [0.1, 0.15) is 31.4 Å². The molecule has 0 saturated carbocycles. The highest BCUT2D eigenvalue weighted by molar-refractivity contribution is 7.09. The zero-order chi connectivity index (χ0) is 20.5. The Kier molecular flexibility index (Phi) is 9.06. The molecule has 0 bridgehead atoms. The number of aromatic nitrogens is 2. The van der Waals surface area contributed by atoms with Crippen molar-refractivity contribution >= 4 is 22.7 Å². The van der Waals surface area contributed by atoms with E-state index in [9.17, 15) is 0 Å². The van der Waals surface area contributed by atoms with E-state index in [1.54, 1.807) is 11.3 Å². The SMILES string of the molecule is CCCCc1nc(CNC[C@@H]2C[N@+](C)(Cc3csc(CCCC)n3)CCO2)cs1. The number of quaternary nitrogens is 1. The van der Waals surface area contributed by atoms with Gasteiger partial charge in [0.15, 0.2) is 0 Å². The molecule has 1 N–H and O–H groups in total. The minimum atomic E-state index is 0.255. The van der Waals surface area contributed by atoms with Gasteiger partial charge >= 0.3 is 0 Å². The van der Waals surface area contributed by atoms with Crippen LogP contribution >= 0.6 is 22.7 Å². The molecule has 5 nitrogen and oxygen atoms in total. The lowest BCUT2D eigenvalue weighted by molar-refractivity contribution is -0.933. The number of rotatable bonds is 12. The van der Waals surface area contributed by atoms with Gasteiger partial charge in [0.2, 0.25) is 0 Å². The Labute approximate surface area is 184 Å². The summed E-state index contributed by atoms with van der Waals surface area (Å²) in [5.41, 5.74) is 2.41. The van der Waals surface area contributed by atoms with Crippen molar-refractivity contribution in [3.05, 3.63) is 32.2 Å². The summed E-state index contributed by atoms with van der Waals surface area (Å²) < 4.78 is 7.07. The van der Waals surface area contributed by atoms with E-state index in [0.717, 1.165) is 62.3 Å². The molecule has 0 unspecified atom stereocenters. The van der Waals surface area contributed by atoms with Crippen molar-refractivity contribution in [3.8, 4) is 0 Å². The van der Waals surface area contributed by atoms with Crippen molar-refractivity contribution in [2.75, 3.05) is 33.3 Å². The molecule has 2 aromatic rings. The number of morpholine rings is 1. The molecule has 3 heterocycles. The first-order valence-corrected chi connectivity index (χ1v) is 12.9. The van der Waals surface area contributed by atoms with Gasteiger partial charge in [-0.15, -0.1) is 22.7 Å². The molecule has 1 saturated heterocycles. The second-order valence-electron chi connectivity index (χ2n) is 8.48. The maximum Gasteiger partial charge on any atom is 0.122 e. The number of likely N-dealkylation sites (N-methyl/N-ethyl adjacent to an activating group) is 1. The predicted molar refractivity (Wildman–Crippen MR) is 123 cm³/mol. The summed E-state index contributed by atoms with van der Waals surface area (Å²) in [5, 5.41) is 10.6. The van der Waals surface area contributed by atoms with E-state index in [1.165, 1.54) is 41.4 Å². The van der Waals surface area contributed by atoms with Gasteiger partial charge in [-0.3, -0.25) is 0 Å². The standard InChI is InChI=1S/C22H37N4OS2/c1-4-6-8-21-24-18(16-28-21)12-23-13-20-15-26(3,10-11-27-20)14-19-17-29-22(25-19)9-7-5-2/h16-17,20,23H,4-15H2,1-3H3/q+1/t20-,26+/m1/s1. The number of aryl methyl sites for hydroxylation is 2. The van der Waals surface area contributed by atoms with E-state index in [0.29, 0.717) is 0 Å². The van der Waals surface area contributed by atoms with Crippen molar-refractivity contribution in [2.45, 2.75) is 71.6 Å². The molecule has 1 aliphatic rings. The molecule has 7 heteroatoms. The Morgan fingerprint density at radius 2 is 1.72 bits per heavy atom. The quantitative estimate of drug-likeness (QED) is 0.499. The number of ether oxygens (including phenoxy) is 1. The molecule has 0 radical (unpaired) electrons. The Hall–Kier alpha value is -0.860. The second-order valence-corrected chi connectivity index (χ2v) is 10.4.